The topological polar surface area (TPSA) is 26.3 Å². The highest BCUT2D eigenvalue weighted by Crippen LogP contribution is 2.34. The molecule has 1 aliphatic rings. The fourth-order valence-corrected chi connectivity index (χ4v) is 2.69. The molecule has 0 heterocycles. The van der Waals surface area contributed by atoms with Gasteiger partial charge in [0.15, 0.2) is 5.78 Å². The van der Waals surface area contributed by atoms with Crippen LogP contribution < -0.4 is 0 Å². The molecule has 0 saturated heterocycles. The summed E-state index contributed by atoms with van der Waals surface area (Å²) in [7, 11) is 0. The van der Waals surface area contributed by atoms with Gasteiger partial charge in [-0.15, -0.1) is 0 Å². The fraction of sp³-hybridized carbons (Fsp3) is 0.533. The van der Waals surface area contributed by atoms with Gasteiger partial charge in [-0.1, -0.05) is 49.6 Å². The van der Waals surface area contributed by atoms with Crippen molar-refractivity contribution in [1.82, 2.24) is 0 Å². The number of carbonyl (C=O) groups excluding carboxylic acids is 1. The van der Waals surface area contributed by atoms with E-state index in [0.717, 1.165) is 31.2 Å². The normalized spacial score (nSPS) is 18.9. The predicted molar refractivity (Wildman–Crippen MR) is 68.2 cm³/mol. The molecule has 0 amide bonds. The molecule has 92 valence electrons. The zero-order valence-corrected chi connectivity index (χ0v) is 10.4. The maximum absolute atomic E-state index is 12.6. The van der Waals surface area contributed by atoms with Crippen LogP contribution in [0.5, 0.6) is 0 Å². The van der Waals surface area contributed by atoms with Gasteiger partial charge in [0.2, 0.25) is 0 Å². The zero-order valence-electron chi connectivity index (χ0n) is 10.4. The number of ether oxygens (including phenoxy) is 1. The first-order valence-corrected chi connectivity index (χ1v) is 6.52. The van der Waals surface area contributed by atoms with Crippen molar-refractivity contribution in [2.45, 2.75) is 44.6 Å². The van der Waals surface area contributed by atoms with E-state index in [9.17, 15) is 4.79 Å². The molecule has 0 atom stereocenters. The summed E-state index contributed by atoms with van der Waals surface area (Å²) < 4.78 is 5.84. The Morgan fingerprint density at radius 1 is 1.18 bits per heavy atom. The summed E-state index contributed by atoms with van der Waals surface area (Å²) in [5.41, 5.74) is 0.233. The van der Waals surface area contributed by atoms with Gasteiger partial charge in [-0.3, -0.25) is 4.79 Å². The van der Waals surface area contributed by atoms with Gasteiger partial charge < -0.3 is 4.74 Å². The molecule has 0 aliphatic heterocycles. The van der Waals surface area contributed by atoms with Crippen LogP contribution in [-0.2, 0) is 4.74 Å². The van der Waals surface area contributed by atoms with Crippen LogP contribution in [0.2, 0.25) is 0 Å². The maximum Gasteiger partial charge on any atom is 0.194 e. The first kappa shape index (κ1) is 12.3. The molecule has 0 bridgehead atoms. The fourth-order valence-electron chi connectivity index (χ4n) is 2.69. The molecule has 1 fully saturated rings. The van der Waals surface area contributed by atoms with Crippen LogP contribution in [0.25, 0.3) is 0 Å². The van der Waals surface area contributed by atoms with Gasteiger partial charge >= 0.3 is 0 Å². The van der Waals surface area contributed by atoms with Gasteiger partial charge in [-0.05, 0) is 19.8 Å². The Morgan fingerprint density at radius 2 is 1.82 bits per heavy atom. The average Bonchev–Trinajstić information content (AvgIpc) is 2.40. The standard InChI is InChI=1S/C15H20O2/c1-2-17-15(11-7-4-8-12-15)14(16)13-9-5-3-6-10-13/h3,5-6,9-10H,2,4,7-8,11-12H2,1H3. The number of hydrogen-bond donors (Lipinski definition) is 0. The highest BCUT2D eigenvalue weighted by molar-refractivity contribution is 6.02. The van der Waals surface area contributed by atoms with E-state index in [1.165, 1.54) is 6.42 Å². The molecular formula is C15H20O2. The number of hydrogen-bond acceptors (Lipinski definition) is 2. The van der Waals surface area contributed by atoms with Crippen molar-refractivity contribution in [2.75, 3.05) is 6.61 Å². The van der Waals surface area contributed by atoms with Crippen molar-refractivity contribution < 1.29 is 9.53 Å². The van der Waals surface area contributed by atoms with E-state index in [2.05, 4.69) is 0 Å². The number of benzene rings is 1. The van der Waals surface area contributed by atoms with Gasteiger partial charge in [0.05, 0.1) is 0 Å². The van der Waals surface area contributed by atoms with Gasteiger partial charge in [-0.25, -0.2) is 0 Å². The third-order valence-corrected chi connectivity index (χ3v) is 3.53. The molecule has 0 spiro atoms. The first-order chi connectivity index (χ1) is 8.28. The van der Waals surface area contributed by atoms with E-state index >= 15 is 0 Å². The number of Topliss-reactive ketones (excluding diaryl/α,β-unsaturated/α-hetero) is 1. The summed E-state index contributed by atoms with van der Waals surface area (Å²) in [6, 6.07) is 9.53. The lowest BCUT2D eigenvalue weighted by atomic mass is 9.79. The molecule has 0 unspecified atom stereocenters. The minimum Gasteiger partial charge on any atom is -0.367 e. The molecule has 0 aromatic heterocycles. The van der Waals surface area contributed by atoms with Crippen molar-refractivity contribution in [2.24, 2.45) is 0 Å². The third-order valence-electron chi connectivity index (χ3n) is 3.53. The van der Waals surface area contributed by atoms with Crippen LogP contribution in [0.15, 0.2) is 30.3 Å². The van der Waals surface area contributed by atoms with Crippen molar-refractivity contribution in [3.8, 4) is 0 Å². The average molecular weight is 232 g/mol. The van der Waals surface area contributed by atoms with E-state index < -0.39 is 5.60 Å². The molecule has 1 aliphatic carbocycles. The number of rotatable bonds is 4. The lowest BCUT2D eigenvalue weighted by Crippen LogP contribution is -2.43. The van der Waals surface area contributed by atoms with E-state index in [4.69, 9.17) is 4.74 Å². The summed E-state index contributed by atoms with van der Waals surface area (Å²) >= 11 is 0. The maximum atomic E-state index is 12.6. The minimum atomic E-state index is -0.547. The van der Waals surface area contributed by atoms with E-state index in [0.29, 0.717) is 6.61 Å². The van der Waals surface area contributed by atoms with Gasteiger partial charge in [0.25, 0.3) is 0 Å². The van der Waals surface area contributed by atoms with Crippen LogP contribution in [0.1, 0.15) is 49.4 Å². The summed E-state index contributed by atoms with van der Waals surface area (Å²) in [6.07, 6.45) is 5.15. The Labute approximate surface area is 103 Å². The van der Waals surface area contributed by atoms with Gasteiger partial charge in [-0.2, -0.15) is 0 Å². The second-order valence-electron chi connectivity index (χ2n) is 4.68. The Kier molecular flexibility index (Phi) is 3.95. The highest BCUT2D eigenvalue weighted by Gasteiger charge is 2.40. The quantitative estimate of drug-likeness (QED) is 0.741. The summed E-state index contributed by atoms with van der Waals surface area (Å²) in [6.45, 7) is 2.58. The van der Waals surface area contributed by atoms with Crippen LogP contribution in [-0.4, -0.2) is 18.0 Å². The Bertz CT molecular complexity index is 358. The Hall–Kier alpha value is -1.15. The Morgan fingerprint density at radius 3 is 2.41 bits per heavy atom. The summed E-state index contributed by atoms with van der Waals surface area (Å²) in [5, 5.41) is 0. The van der Waals surface area contributed by atoms with Crippen molar-refractivity contribution in [3.05, 3.63) is 35.9 Å². The smallest absolute Gasteiger partial charge is 0.194 e. The van der Waals surface area contributed by atoms with Crippen LogP contribution in [0.4, 0.5) is 0 Å². The third kappa shape index (κ3) is 2.58. The number of carbonyl (C=O) groups is 1. The van der Waals surface area contributed by atoms with E-state index in [-0.39, 0.29) is 5.78 Å². The van der Waals surface area contributed by atoms with Crippen LogP contribution in [0.3, 0.4) is 0 Å². The van der Waals surface area contributed by atoms with Gasteiger partial charge in [0.1, 0.15) is 5.60 Å². The Balaban J connectivity index is 2.24. The highest BCUT2D eigenvalue weighted by atomic mass is 16.5. The molecule has 0 N–H and O–H groups in total. The van der Waals surface area contributed by atoms with E-state index in [1.54, 1.807) is 0 Å². The molecule has 2 heteroatoms. The first-order valence-electron chi connectivity index (χ1n) is 6.52. The second-order valence-corrected chi connectivity index (χ2v) is 4.68. The molecule has 1 aromatic carbocycles. The van der Waals surface area contributed by atoms with E-state index in [1.807, 2.05) is 37.3 Å². The SMILES string of the molecule is CCOC1(C(=O)c2ccccc2)CCCCC1. The van der Waals surface area contributed by atoms with Gasteiger partial charge in [0, 0.05) is 12.2 Å². The molecule has 1 saturated carbocycles. The zero-order chi connectivity index (χ0) is 12.1. The monoisotopic (exact) mass is 232 g/mol. The molecular weight excluding hydrogens is 212 g/mol. The lowest BCUT2D eigenvalue weighted by molar-refractivity contribution is -0.0411. The van der Waals surface area contributed by atoms with Crippen molar-refractivity contribution >= 4 is 5.78 Å². The summed E-state index contributed by atoms with van der Waals surface area (Å²) in [4.78, 5) is 12.6. The second kappa shape index (κ2) is 5.46. The minimum absolute atomic E-state index is 0.166. The molecule has 2 rings (SSSR count). The van der Waals surface area contributed by atoms with Crippen LogP contribution >= 0.6 is 0 Å². The van der Waals surface area contributed by atoms with Crippen molar-refractivity contribution in [1.29, 1.82) is 0 Å². The lowest BCUT2D eigenvalue weighted by Gasteiger charge is -2.35. The number of ketones is 1. The van der Waals surface area contributed by atoms with Crippen molar-refractivity contribution in [3.63, 3.8) is 0 Å². The molecule has 2 nitrogen and oxygen atoms in total. The molecule has 17 heavy (non-hydrogen) atoms. The largest absolute Gasteiger partial charge is 0.367 e. The van der Waals surface area contributed by atoms with Crippen LogP contribution in [0, 0.1) is 0 Å². The molecule has 0 radical (unpaired) electrons. The summed E-state index contributed by atoms with van der Waals surface area (Å²) in [5.74, 6) is 0.166. The molecule has 1 aromatic rings. The predicted octanol–water partition coefficient (Wildman–Crippen LogP) is 3.61.